The Morgan fingerprint density at radius 3 is 2.16 bits per heavy atom. The first-order valence-electron chi connectivity index (χ1n) is 5.34. The summed E-state index contributed by atoms with van der Waals surface area (Å²) in [6.45, 7) is -1.02. The number of rotatable bonds is 5. The number of aromatic nitrogens is 3. The molecule has 1 heterocycles. The lowest BCUT2D eigenvalue weighted by atomic mass is 10.3. The summed E-state index contributed by atoms with van der Waals surface area (Å²) < 4.78 is 0. The average molecular weight is 262 g/mol. The van der Waals surface area contributed by atoms with E-state index in [0.29, 0.717) is 11.0 Å². The zero-order chi connectivity index (χ0) is 13.8. The molecule has 8 nitrogen and oxygen atoms in total. The fraction of sp³-hybridized carbons (Fsp3) is 0.182. The summed E-state index contributed by atoms with van der Waals surface area (Å²) in [6.07, 6.45) is 0. The van der Waals surface area contributed by atoms with Gasteiger partial charge in [0.15, 0.2) is 0 Å². The van der Waals surface area contributed by atoms with Crippen molar-refractivity contribution in [1.82, 2.24) is 15.2 Å². The minimum Gasteiger partial charge on any atom is -0.480 e. The van der Waals surface area contributed by atoms with Crippen molar-refractivity contribution < 1.29 is 19.8 Å². The Kier molecular flexibility index (Phi) is 3.51. The molecule has 8 heteroatoms. The van der Waals surface area contributed by atoms with Gasteiger partial charge in [-0.1, -0.05) is 12.1 Å². The van der Waals surface area contributed by atoms with Crippen LogP contribution in [0.4, 0.5) is 5.95 Å². The van der Waals surface area contributed by atoms with E-state index in [9.17, 15) is 9.59 Å². The second kappa shape index (κ2) is 5.25. The van der Waals surface area contributed by atoms with Crippen LogP contribution in [-0.2, 0) is 9.59 Å². The topological polar surface area (TPSA) is 117 Å². The van der Waals surface area contributed by atoms with Crippen LogP contribution in [0.2, 0.25) is 0 Å². The van der Waals surface area contributed by atoms with Gasteiger partial charge in [-0.3, -0.25) is 9.59 Å². The molecule has 2 aromatic rings. The van der Waals surface area contributed by atoms with Crippen molar-refractivity contribution >= 4 is 28.9 Å². The van der Waals surface area contributed by atoms with Gasteiger partial charge in [-0.2, -0.15) is 0 Å². The molecule has 0 fully saturated rings. The summed E-state index contributed by atoms with van der Waals surface area (Å²) in [7, 11) is 0. The predicted molar refractivity (Wildman–Crippen MR) is 64.8 cm³/mol. The molecule has 0 saturated carbocycles. The standard InChI is InChI=1S/C11H10N4O4/c16-9(17)5-15(6-10(18)19)11-12-7-3-1-2-4-8(7)13-14-11/h1-4H,5-6H2,(H,16,17)(H,18,19). The molecule has 0 unspecified atom stereocenters. The Morgan fingerprint density at radius 1 is 1.00 bits per heavy atom. The molecule has 0 spiro atoms. The highest BCUT2D eigenvalue weighted by atomic mass is 16.4. The second-order valence-corrected chi connectivity index (χ2v) is 3.74. The number of anilines is 1. The molecule has 1 aromatic heterocycles. The van der Waals surface area contributed by atoms with Gasteiger partial charge < -0.3 is 15.1 Å². The Morgan fingerprint density at radius 2 is 1.58 bits per heavy atom. The highest BCUT2D eigenvalue weighted by molar-refractivity contribution is 5.79. The zero-order valence-electron chi connectivity index (χ0n) is 9.72. The van der Waals surface area contributed by atoms with E-state index in [4.69, 9.17) is 10.2 Å². The SMILES string of the molecule is O=C(O)CN(CC(=O)O)c1nnc2ccccc2n1. The molecule has 0 radical (unpaired) electrons. The van der Waals surface area contributed by atoms with Gasteiger partial charge >= 0.3 is 11.9 Å². The van der Waals surface area contributed by atoms with Crippen LogP contribution >= 0.6 is 0 Å². The number of nitrogens with zero attached hydrogens (tertiary/aromatic N) is 4. The van der Waals surface area contributed by atoms with Crippen LogP contribution in [0, 0.1) is 0 Å². The quantitative estimate of drug-likeness (QED) is 0.773. The molecule has 0 saturated heterocycles. The molecule has 2 N–H and O–H groups in total. The van der Waals surface area contributed by atoms with Crippen molar-refractivity contribution in [2.24, 2.45) is 0 Å². The molecule has 0 bridgehead atoms. The molecule has 0 aliphatic carbocycles. The third-order valence-corrected chi connectivity index (χ3v) is 2.28. The summed E-state index contributed by atoms with van der Waals surface area (Å²) in [5.41, 5.74) is 1.07. The van der Waals surface area contributed by atoms with Gasteiger partial charge in [0.1, 0.15) is 18.6 Å². The Bertz CT molecular complexity index is 615. The fourth-order valence-electron chi connectivity index (χ4n) is 1.53. The van der Waals surface area contributed by atoms with Crippen LogP contribution in [0.15, 0.2) is 24.3 Å². The number of fused-ring (bicyclic) bond motifs is 1. The van der Waals surface area contributed by atoms with Crippen molar-refractivity contribution in [2.45, 2.75) is 0 Å². The molecule has 19 heavy (non-hydrogen) atoms. The van der Waals surface area contributed by atoms with Crippen LogP contribution in [0.3, 0.4) is 0 Å². The van der Waals surface area contributed by atoms with Gasteiger partial charge in [0.2, 0.25) is 5.95 Å². The Balaban J connectivity index is 2.37. The van der Waals surface area contributed by atoms with Crippen LogP contribution in [-0.4, -0.2) is 50.4 Å². The van der Waals surface area contributed by atoms with Crippen molar-refractivity contribution in [2.75, 3.05) is 18.0 Å². The summed E-state index contributed by atoms with van der Waals surface area (Å²) in [6, 6.07) is 6.91. The molecule has 0 atom stereocenters. The van der Waals surface area contributed by atoms with Gasteiger partial charge in [0.05, 0.1) is 5.52 Å². The molecular weight excluding hydrogens is 252 g/mol. The number of carboxylic acid groups (broad SMARTS) is 2. The van der Waals surface area contributed by atoms with Crippen LogP contribution in [0.1, 0.15) is 0 Å². The predicted octanol–water partition coefficient (Wildman–Crippen LogP) is 0.000400. The fourth-order valence-corrected chi connectivity index (χ4v) is 1.53. The summed E-state index contributed by atoms with van der Waals surface area (Å²) in [5.74, 6) is -2.36. The first-order valence-corrected chi connectivity index (χ1v) is 5.34. The molecule has 2 rings (SSSR count). The Labute approximate surface area is 107 Å². The van der Waals surface area contributed by atoms with E-state index >= 15 is 0 Å². The largest absolute Gasteiger partial charge is 0.480 e. The summed E-state index contributed by atoms with van der Waals surface area (Å²) in [4.78, 5) is 26.6. The normalized spacial score (nSPS) is 10.3. The van der Waals surface area contributed by atoms with Crippen LogP contribution < -0.4 is 4.90 Å². The number of carbonyl (C=O) groups is 2. The molecule has 0 amide bonds. The van der Waals surface area contributed by atoms with Crippen LogP contribution in [0.5, 0.6) is 0 Å². The highest BCUT2D eigenvalue weighted by Gasteiger charge is 2.17. The average Bonchev–Trinajstić information content (AvgIpc) is 2.36. The lowest BCUT2D eigenvalue weighted by Gasteiger charge is -2.17. The van der Waals surface area contributed by atoms with E-state index in [2.05, 4.69) is 15.2 Å². The van der Waals surface area contributed by atoms with Gasteiger partial charge in [0, 0.05) is 0 Å². The number of hydrogen-bond donors (Lipinski definition) is 2. The first-order chi connectivity index (χ1) is 9.06. The Hall–Kier alpha value is -2.77. The number of benzene rings is 1. The van der Waals surface area contributed by atoms with Gasteiger partial charge in [-0.15, -0.1) is 10.2 Å². The third-order valence-electron chi connectivity index (χ3n) is 2.28. The molecule has 98 valence electrons. The maximum absolute atomic E-state index is 10.7. The van der Waals surface area contributed by atoms with E-state index in [1.54, 1.807) is 24.3 Å². The molecule has 1 aromatic carbocycles. The maximum atomic E-state index is 10.7. The highest BCUT2D eigenvalue weighted by Crippen LogP contribution is 2.12. The lowest BCUT2D eigenvalue weighted by molar-refractivity contribution is -0.136. The van der Waals surface area contributed by atoms with E-state index in [1.807, 2.05) is 0 Å². The zero-order valence-corrected chi connectivity index (χ0v) is 9.72. The third kappa shape index (κ3) is 3.12. The van der Waals surface area contributed by atoms with E-state index < -0.39 is 25.0 Å². The van der Waals surface area contributed by atoms with Crippen molar-refractivity contribution in [3.05, 3.63) is 24.3 Å². The first kappa shape index (κ1) is 12.7. The lowest BCUT2D eigenvalue weighted by Crippen LogP contribution is -2.35. The van der Waals surface area contributed by atoms with E-state index in [0.717, 1.165) is 4.90 Å². The number of hydrogen-bond acceptors (Lipinski definition) is 6. The van der Waals surface area contributed by atoms with Crippen molar-refractivity contribution in [1.29, 1.82) is 0 Å². The van der Waals surface area contributed by atoms with Gasteiger partial charge in [-0.25, -0.2) is 4.98 Å². The van der Waals surface area contributed by atoms with E-state index in [1.165, 1.54) is 0 Å². The minimum absolute atomic E-state index is 0.0245. The smallest absolute Gasteiger partial charge is 0.323 e. The number of para-hydroxylation sites is 1. The molecular formula is C11H10N4O4. The van der Waals surface area contributed by atoms with Crippen LogP contribution in [0.25, 0.3) is 11.0 Å². The van der Waals surface area contributed by atoms with Crippen molar-refractivity contribution in [3.63, 3.8) is 0 Å². The molecule has 0 aliphatic heterocycles. The van der Waals surface area contributed by atoms with Gasteiger partial charge in [-0.05, 0) is 12.1 Å². The number of carboxylic acids is 2. The van der Waals surface area contributed by atoms with Crippen molar-refractivity contribution in [3.8, 4) is 0 Å². The summed E-state index contributed by atoms with van der Waals surface area (Å²) >= 11 is 0. The maximum Gasteiger partial charge on any atom is 0.323 e. The number of aliphatic carboxylic acids is 2. The van der Waals surface area contributed by atoms with Gasteiger partial charge in [0.25, 0.3) is 0 Å². The minimum atomic E-state index is -1.17. The molecule has 0 aliphatic rings. The van der Waals surface area contributed by atoms with E-state index in [-0.39, 0.29) is 5.95 Å². The monoisotopic (exact) mass is 262 g/mol. The second-order valence-electron chi connectivity index (χ2n) is 3.74. The summed E-state index contributed by atoms with van der Waals surface area (Å²) in [5, 5.41) is 25.1.